The summed E-state index contributed by atoms with van der Waals surface area (Å²) in [7, 11) is 3.31. The average Bonchev–Trinajstić information content (AvgIpc) is 3.01. The maximum atomic E-state index is 15.1. The zero-order valence-corrected chi connectivity index (χ0v) is 23.8. The summed E-state index contributed by atoms with van der Waals surface area (Å²) in [6.07, 6.45) is 2.40. The van der Waals surface area contributed by atoms with Gasteiger partial charge in [-0.05, 0) is 60.4 Å². The van der Waals surface area contributed by atoms with Crippen LogP contribution in [0.25, 0.3) is 11.3 Å². The van der Waals surface area contributed by atoms with Crippen LogP contribution in [-0.4, -0.2) is 66.9 Å². The standard InChI is InChI=1S/C32H36FN5O3/c1-23-35-30(29-18-26(20-34-32(29)33)12-13-37-14-16-41-17-15-37)19-31(36-23)38(21-24-4-8-27(39-2)9-5-24)22-25-6-10-28(40-3)11-7-25/h4-11,18-20H,12-17,21-22H2,1-3H3. The molecular formula is C32H36FN5O3. The van der Waals surface area contributed by atoms with E-state index >= 15 is 4.39 Å². The molecule has 0 unspecified atom stereocenters. The Balaban J connectivity index is 1.44. The van der Waals surface area contributed by atoms with Gasteiger partial charge in [0.05, 0.1) is 38.7 Å². The molecule has 1 aliphatic rings. The number of benzene rings is 2. The van der Waals surface area contributed by atoms with Crippen LogP contribution < -0.4 is 14.4 Å². The van der Waals surface area contributed by atoms with E-state index in [2.05, 4.69) is 19.8 Å². The van der Waals surface area contributed by atoms with Gasteiger partial charge in [-0.2, -0.15) is 4.39 Å². The zero-order chi connectivity index (χ0) is 28.6. The Hall–Kier alpha value is -4.08. The highest BCUT2D eigenvalue weighted by molar-refractivity contribution is 5.63. The third kappa shape index (κ3) is 7.56. The number of aryl methyl sites for hydroxylation is 1. The molecule has 0 aliphatic carbocycles. The van der Waals surface area contributed by atoms with Gasteiger partial charge in [0.1, 0.15) is 23.1 Å². The van der Waals surface area contributed by atoms with E-state index in [1.165, 1.54) is 0 Å². The van der Waals surface area contributed by atoms with Gasteiger partial charge in [0.15, 0.2) is 0 Å². The van der Waals surface area contributed by atoms with Crippen molar-refractivity contribution >= 4 is 5.82 Å². The molecule has 1 fully saturated rings. The van der Waals surface area contributed by atoms with E-state index in [1.807, 2.05) is 67.6 Å². The third-order valence-corrected chi connectivity index (χ3v) is 7.21. The molecule has 0 bridgehead atoms. The number of nitrogens with zero attached hydrogens (tertiary/aromatic N) is 5. The highest BCUT2D eigenvalue weighted by Crippen LogP contribution is 2.27. The van der Waals surface area contributed by atoms with Gasteiger partial charge < -0.3 is 19.1 Å². The second-order valence-electron chi connectivity index (χ2n) is 10.1. The second-order valence-corrected chi connectivity index (χ2v) is 10.1. The Morgan fingerprint density at radius 1 is 0.854 bits per heavy atom. The molecule has 0 spiro atoms. The number of morpholine rings is 1. The molecule has 0 amide bonds. The topological polar surface area (TPSA) is 72.8 Å². The minimum absolute atomic E-state index is 0.380. The molecule has 41 heavy (non-hydrogen) atoms. The number of hydrogen-bond acceptors (Lipinski definition) is 8. The van der Waals surface area contributed by atoms with Gasteiger partial charge in [-0.1, -0.05) is 24.3 Å². The van der Waals surface area contributed by atoms with Crippen molar-refractivity contribution in [3.05, 3.63) is 95.3 Å². The summed E-state index contributed by atoms with van der Waals surface area (Å²) >= 11 is 0. The summed E-state index contributed by atoms with van der Waals surface area (Å²) in [6, 6.07) is 19.7. The molecule has 8 nitrogen and oxygen atoms in total. The van der Waals surface area contributed by atoms with E-state index in [9.17, 15) is 0 Å². The van der Waals surface area contributed by atoms with Crippen LogP contribution >= 0.6 is 0 Å². The van der Waals surface area contributed by atoms with Crippen LogP contribution in [0.3, 0.4) is 0 Å². The normalized spacial score (nSPS) is 13.7. The van der Waals surface area contributed by atoms with Crippen molar-refractivity contribution in [3.63, 3.8) is 0 Å². The Labute approximate surface area is 240 Å². The minimum atomic E-state index is -0.541. The highest BCUT2D eigenvalue weighted by Gasteiger charge is 2.17. The number of methoxy groups -OCH3 is 2. The van der Waals surface area contributed by atoms with E-state index < -0.39 is 5.95 Å². The molecule has 2 aromatic heterocycles. The van der Waals surface area contributed by atoms with Crippen LogP contribution in [0.2, 0.25) is 0 Å². The number of halogens is 1. The molecule has 1 saturated heterocycles. The van der Waals surface area contributed by atoms with E-state index in [0.29, 0.717) is 36.0 Å². The molecule has 0 saturated carbocycles. The fourth-order valence-electron chi connectivity index (χ4n) is 4.89. The van der Waals surface area contributed by atoms with Gasteiger partial charge in [-0.15, -0.1) is 0 Å². The maximum absolute atomic E-state index is 15.1. The zero-order valence-electron chi connectivity index (χ0n) is 23.8. The largest absolute Gasteiger partial charge is 0.497 e. The highest BCUT2D eigenvalue weighted by atomic mass is 19.1. The number of aromatic nitrogens is 3. The van der Waals surface area contributed by atoms with Crippen LogP contribution in [0.1, 0.15) is 22.5 Å². The fraction of sp³-hybridized carbons (Fsp3) is 0.344. The van der Waals surface area contributed by atoms with Crippen molar-refractivity contribution in [3.8, 4) is 22.8 Å². The lowest BCUT2D eigenvalue weighted by molar-refractivity contribution is 0.0384. The van der Waals surface area contributed by atoms with E-state index in [-0.39, 0.29) is 0 Å². The number of ether oxygens (including phenoxy) is 3. The summed E-state index contributed by atoms with van der Waals surface area (Å²) in [5, 5.41) is 0. The van der Waals surface area contributed by atoms with Crippen LogP contribution in [-0.2, 0) is 24.2 Å². The van der Waals surface area contributed by atoms with Crippen LogP contribution in [0, 0.1) is 12.9 Å². The SMILES string of the molecule is COc1ccc(CN(Cc2ccc(OC)cc2)c2cc(-c3cc(CCN4CCOCC4)cnc3F)nc(C)n2)cc1. The molecular weight excluding hydrogens is 521 g/mol. The van der Waals surface area contributed by atoms with Gasteiger partial charge >= 0.3 is 0 Å². The molecule has 3 heterocycles. The number of anilines is 1. The fourth-order valence-corrected chi connectivity index (χ4v) is 4.89. The predicted molar refractivity (Wildman–Crippen MR) is 157 cm³/mol. The summed E-state index contributed by atoms with van der Waals surface area (Å²) in [6.45, 7) is 7.21. The molecule has 0 radical (unpaired) electrons. The molecule has 2 aromatic carbocycles. The maximum Gasteiger partial charge on any atom is 0.222 e. The summed E-state index contributed by atoms with van der Waals surface area (Å²) in [5.41, 5.74) is 4.05. The molecule has 1 aliphatic heterocycles. The van der Waals surface area contributed by atoms with Crippen molar-refractivity contribution in [2.45, 2.75) is 26.4 Å². The van der Waals surface area contributed by atoms with Gasteiger partial charge in [0.25, 0.3) is 0 Å². The molecule has 9 heteroatoms. The number of pyridine rings is 1. The van der Waals surface area contributed by atoms with Crippen LogP contribution in [0.5, 0.6) is 11.5 Å². The summed E-state index contributed by atoms with van der Waals surface area (Å²) in [4.78, 5) is 18.0. The van der Waals surface area contributed by atoms with Crippen molar-refractivity contribution in [1.29, 1.82) is 0 Å². The van der Waals surface area contributed by atoms with Gasteiger partial charge in [-0.25, -0.2) is 15.0 Å². The lowest BCUT2D eigenvalue weighted by Gasteiger charge is -2.26. The second kappa shape index (κ2) is 13.5. The first kappa shape index (κ1) is 28.4. The van der Waals surface area contributed by atoms with E-state index in [0.717, 1.165) is 67.5 Å². The van der Waals surface area contributed by atoms with Crippen molar-refractivity contribution < 1.29 is 18.6 Å². The number of rotatable bonds is 11. The monoisotopic (exact) mass is 557 g/mol. The van der Waals surface area contributed by atoms with Gasteiger partial charge in [-0.3, -0.25) is 4.90 Å². The van der Waals surface area contributed by atoms with Crippen molar-refractivity contribution in [1.82, 2.24) is 19.9 Å². The third-order valence-electron chi connectivity index (χ3n) is 7.21. The summed E-state index contributed by atoms with van der Waals surface area (Å²) < 4.78 is 31.2. The van der Waals surface area contributed by atoms with Crippen molar-refractivity contribution in [2.75, 3.05) is 52.0 Å². The Kier molecular flexibility index (Phi) is 9.38. The molecule has 5 rings (SSSR count). The molecule has 0 N–H and O–H groups in total. The molecule has 4 aromatic rings. The van der Waals surface area contributed by atoms with E-state index in [1.54, 1.807) is 20.4 Å². The first-order chi connectivity index (χ1) is 20.0. The van der Waals surface area contributed by atoms with Crippen LogP contribution in [0.4, 0.5) is 10.2 Å². The first-order valence-corrected chi connectivity index (χ1v) is 13.8. The predicted octanol–water partition coefficient (Wildman–Crippen LogP) is 5.08. The summed E-state index contributed by atoms with van der Waals surface area (Å²) in [5.74, 6) is 2.32. The minimum Gasteiger partial charge on any atom is -0.497 e. The van der Waals surface area contributed by atoms with Gasteiger partial charge in [0.2, 0.25) is 5.95 Å². The Morgan fingerprint density at radius 3 is 2.05 bits per heavy atom. The lowest BCUT2D eigenvalue weighted by Crippen LogP contribution is -2.37. The molecule has 214 valence electrons. The smallest absolute Gasteiger partial charge is 0.222 e. The first-order valence-electron chi connectivity index (χ1n) is 13.8. The number of hydrogen-bond donors (Lipinski definition) is 0. The quantitative estimate of drug-likeness (QED) is 0.236. The van der Waals surface area contributed by atoms with Crippen molar-refractivity contribution in [2.24, 2.45) is 0 Å². The molecule has 0 atom stereocenters. The Morgan fingerprint density at radius 2 is 1.46 bits per heavy atom. The Bertz CT molecular complexity index is 1380. The average molecular weight is 558 g/mol. The van der Waals surface area contributed by atoms with Crippen LogP contribution in [0.15, 0.2) is 66.9 Å². The van der Waals surface area contributed by atoms with Gasteiger partial charge in [0, 0.05) is 45.0 Å². The van der Waals surface area contributed by atoms with E-state index in [4.69, 9.17) is 19.2 Å². The lowest BCUT2D eigenvalue weighted by atomic mass is 10.1.